The minimum atomic E-state index is 0. The number of aromatic nitrogens is 2. The molecule has 0 aliphatic rings. The Bertz CT molecular complexity index is 812. The summed E-state index contributed by atoms with van der Waals surface area (Å²) in [5.74, 6) is 0. The molecule has 0 atom stereocenters. The van der Waals surface area contributed by atoms with Crippen LogP contribution < -0.4 is 21.5 Å². The molecule has 0 saturated carbocycles. The first-order valence-corrected chi connectivity index (χ1v) is 7.83. The molecule has 1 heterocycles. The van der Waals surface area contributed by atoms with Crippen LogP contribution in [0.3, 0.4) is 0 Å². The molecule has 0 spiro atoms. The van der Waals surface area contributed by atoms with Gasteiger partial charge in [-0.05, 0) is 47.5 Å². The van der Waals surface area contributed by atoms with Gasteiger partial charge in [-0.1, -0.05) is 43.3 Å². The lowest BCUT2D eigenvalue weighted by Gasteiger charge is -2.07. The topological polar surface area (TPSA) is 8.81 Å². The van der Waals surface area contributed by atoms with Crippen molar-refractivity contribution in [2.24, 2.45) is 0 Å². The van der Waals surface area contributed by atoms with Crippen LogP contribution in [0.2, 0.25) is 10.3 Å². The average Bonchev–Trinajstić information content (AvgIpc) is 2.76. The van der Waals surface area contributed by atoms with Crippen LogP contribution in [0.25, 0.3) is 16.5 Å². The molecule has 0 saturated heterocycles. The molecule has 3 rings (SSSR count). The van der Waals surface area contributed by atoms with Crippen LogP contribution in [0.5, 0.6) is 0 Å². The summed E-state index contributed by atoms with van der Waals surface area (Å²) in [5, 5.41) is 3.52. The number of rotatable bonds is 3. The molecule has 0 radical (unpaired) electrons. The van der Waals surface area contributed by atoms with Crippen LogP contribution in [-0.4, -0.2) is 4.57 Å². The zero-order chi connectivity index (χ0) is 15.0. The molecular weight excluding hydrogens is 383 g/mol. The van der Waals surface area contributed by atoms with Gasteiger partial charge in [0.25, 0.3) is 16.6 Å². The third-order valence-electron chi connectivity index (χ3n) is 3.70. The SMILES string of the molecule is CCC[n+]1cn(-c2c(C)ccc3ccccc23)c(Cl)c1Cl.[Br-]. The number of aryl methyl sites for hydroxylation is 2. The van der Waals surface area contributed by atoms with Crippen molar-refractivity contribution in [1.29, 1.82) is 0 Å². The zero-order valence-electron chi connectivity index (χ0n) is 12.5. The zero-order valence-corrected chi connectivity index (χ0v) is 15.6. The number of hydrogen-bond acceptors (Lipinski definition) is 0. The Balaban J connectivity index is 0.00000176. The van der Waals surface area contributed by atoms with E-state index in [1.54, 1.807) is 0 Å². The number of benzene rings is 2. The Labute approximate surface area is 151 Å². The van der Waals surface area contributed by atoms with Gasteiger partial charge in [0.15, 0.2) is 0 Å². The van der Waals surface area contributed by atoms with E-state index in [9.17, 15) is 0 Å². The number of fused-ring (bicyclic) bond motifs is 1. The Morgan fingerprint density at radius 1 is 1.09 bits per heavy atom. The average molecular weight is 400 g/mol. The third-order valence-corrected chi connectivity index (χ3v) is 4.55. The number of nitrogens with zero attached hydrogens (tertiary/aromatic N) is 2. The van der Waals surface area contributed by atoms with Gasteiger partial charge in [0.1, 0.15) is 5.69 Å². The first-order valence-electron chi connectivity index (χ1n) is 7.08. The molecule has 0 amide bonds. The van der Waals surface area contributed by atoms with Gasteiger partial charge < -0.3 is 17.0 Å². The summed E-state index contributed by atoms with van der Waals surface area (Å²) >= 11 is 12.8. The summed E-state index contributed by atoms with van der Waals surface area (Å²) in [6.45, 7) is 5.07. The van der Waals surface area contributed by atoms with Crippen molar-refractivity contribution in [1.82, 2.24) is 4.57 Å². The van der Waals surface area contributed by atoms with Gasteiger partial charge in [-0.3, -0.25) is 0 Å². The summed E-state index contributed by atoms with van der Waals surface area (Å²) in [7, 11) is 0. The van der Waals surface area contributed by atoms with E-state index in [1.165, 1.54) is 16.3 Å². The summed E-state index contributed by atoms with van der Waals surface area (Å²) in [4.78, 5) is 0. The molecule has 2 nitrogen and oxygen atoms in total. The molecule has 22 heavy (non-hydrogen) atoms. The fourth-order valence-electron chi connectivity index (χ4n) is 2.70. The lowest BCUT2D eigenvalue weighted by Crippen LogP contribution is -3.00. The van der Waals surface area contributed by atoms with E-state index in [0.29, 0.717) is 10.3 Å². The van der Waals surface area contributed by atoms with Crippen LogP contribution >= 0.6 is 23.2 Å². The second-order valence-corrected chi connectivity index (χ2v) is 5.93. The number of halogens is 3. The molecule has 116 valence electrons. The van der Waals surface area contributed by atoms with E-state index < -0.39 is 0 Å². The van der Waals surface area contributed by atoms with Crippen LogP contribution in [0.1, 0.15) is 18.9 Å². The van der Waals surface area contributed by atoms with E-state index in [0.717, 1.165) is 18.7 Å². The Morgan fingerprint density at radius 3 is 2.55 bits per heavy atom. The summed E-state index contributed by atoms with van der Waals surface area (Å²) in [6, 6.07) is 12.6. The highest BCUT2D eigenvalue weighted by atomic mass is 79.9. The van der Waals surface area contributed by atoms with Crippen LogP contribution in [0, 0.1) is 6.92 Å². The highest BCUT2D eigenvalue weighted by Crippen LogP contribution is 2.30. The molecule has 5 heteroatoms. The largest absolute Gasteiger partial charge is 1.00 e. The van der Waals surface area contributed by atoms with Crippen molar-refractivity contribution in [2.45, 2.75) is 26.8 Å². The molecule has 0 aliphatic carbocycles. The third kappa shape index (κ3) is 2.90. The molecule has 0 N–H and O–H groups in total. The van der Waals surface area contributed by atoms with E-state index in [4.69, 9.17) is 23.2 Å². The van der Waals surface area contributed by atoms with Crippen molar-refractivity contribution in [3.63, 3.8) is 0 Å². The summed E-state index contributed by atoms with van der Waals surface area (Å²) in [6.07, 6.45) is 3.00. The molecule has 0 bridgehead atoms. The van der Waals surface area contributed by atoms with Crippen molar-refractivity contribution in [3.05, 3.63) is 58.6 Å². The Morgan fingerprint density at radius 2 is 1.82 bits per heavy atom. The molecule has 0 fully saturated rings. The fraction of sp³-hybridized carbons (Fsp3) is 0.235. The minimum absolute atomic E-state index is 0. The lowest BCUT2D eigenvalue weighted by molar-refractivity contribution is -0.694. The molecule has 2 aromatic carbocycles. The lowest BCUT2D eigenvalue weighted by atomic mass is 10.0. The monoisotopic (exact) mass is 398 g/mol. The van der Waals surface area contributed by atoms with Gasteiger partial charge >= 0.3 is 0 Å². The van der Waals surface area contributed by atoms with Crippen LogP contribution in [-0.2, 0) is 6.54 Å². The van der Waals surface area contributed by atoms with Crippen LogP contribution in [0.15, 0.2) is 42.7 Å². The van der Waals surface area contributed by atoms with Gasteiger partial charge in [0, 0.05) is 5.39 Å². The maximum atomic E-state index is 6.47. The van der Waals surface area contributed by atoms with Gasteiger partial charge in [0.2, 0.25) is 0 Å². The fourth-order valence-corrected chi connectivity index (χ4v) is 3.15. The van der Waals surface area contributed by atoms with E-state index in [-0.39, 0.29) is 17.0 Å². The van der Waals surface area contributed by atoms with Crippen molar-refractivity contribution in [2.75, 3.05) is 0 Å². The van der Waals surface area contributed by atoms with E-state index in [2.05, 4.69) is 38.1 Å². The predicted octanol–water partition coefficient (Wildman–Crippen LogP) is 1.95. The molecule has 0 aliphatic heterocycles. The second kappa shape index (κ2) is 7.03. The quantitative estimate of drug-likeness (QED) is 0.595. The van der Waals surface area contributed by atoms with Crippen molar-refractivity contribution in [3.8, 4) is 5.69 Å². The first kappa shape index (κ1) is 17.3. The first-order chi connectivity index (χ1) is 10.1. The molecule has 1 aromatic heterocycles. The summed E-state index contributed by atoms with van der Waals surface area (Å²) < 4.78 is 3.97. The van der Waals surface area contributed by atoms with Gasteiger partial charge in [0.05, 0.1) is 6.54 Å². The molecule has 3 aromatic rings. The van der Waals surface area contributed by atoms with Crippen molar-refractivity contribution < 1.29 is 21.5 Å². The Kier molecular flexibility index (Phi) is 5.54. The highest BCUT2D eigenvalue weighted by Gasteiger charge is 2.23. The standard InChI is InChI=1S/C17H17Cl2N2.BrH/c1-3-10-20-11-21(17(19)16(20)18)15-12(2)8-9-13-6-4-5-7-14(13)15;/h4-9,11H,3,10H2,1-2H3;1H/q+1;/p-1. The van der Waals surface area contributed by atoms with Gasteiger partial charge in [-0.2, -0.15) is 4.57 Å². The predicted molar refractivity (Wildman–Crippen MR) is 88.5 cm³/mol. The maximum Gasteiger partial charge on any atom is 0.260 e. The smallest absolute Gasteiger partial charge is 0.260 e. The normalized spacial score (nSPS) is 10.7. The second-order valence-electron chi connectivity index (χ2n) is 5.21. The summed E-state index contributed by atoms with van der Waals surface area (Å²) in [5.41, 5.74) is 2.26. The Hall–Kier alpha value is -1.03. The highest BCUT2D eigenvalue weighted by molar-refractivity contribution is 6.40. The molecular formula is C17H17BrCl2N2. The van der Waals surface area contributed by atoms with Crippen molar-refractivity contribution >= 4 is 34.0 Å². The van der Waals surface area contributed by atoms with Crippen LogP contribution in [0.4, 0.5) is 0 Å². The van der Waals surface area contributed by atoms with E-state index in [1.807, 2.05) is 27.6 Å². The maximum absolute atomic E-state index is 6.47. The molecule has 0 unspecified atom stereocenters. The van der Waals surface area contributed by atoms with E-state index >= 15 is 0 Å². The minimum Gasteiger partial charge on any atom is -1.00 e. The van der Waals surface area contributed by atoms with Gasteiger partial charge in [-0.25, -0.2) is 4.57 Å². The number of imidazole rings is 1. The number of hydrogen-bond donors (Lipinski definition) is 0. The van der Waals surface area contributed by atoms with Gasteiger partial charge in [-0.15, -0.1) is 0 Å².